The maximum atomic E-state index is 3.13. The molecule has 0 aromatic carbocycles. The Balaban J connectivity index is 3.19. The minimum Gasteiger partial charge on any atom is -0.343 e. The Morgan fingerprint density at radius 3 is 2.64 bits per heavy atom. The van der Waals surface area contributed by atoms with Crippen molar-refractivity contribution < 1.29 is 0 Å². The van der Waals surface area contributed by atoms with Crippen molar-refractivity contribution in [2.75, 3.05) is 0 Å². The number of hydrogen-bond acceptors (Lipinski definition) is 1. The quantitative estimate of drug-likeness (QED) is 0.363. The highest BCUT2D eigenvalue weighted by Gasteiger charge is 1.96. The van der Waals surface area contributed by atoms with Crippen molar-refractivity contribution >= 4 is 0 Å². The van der Waals surface area contributed by atoms with E-state index in [9.17, 15) is 0 Å². The van der Waals surface area contributed by atoms with Gasteiger partial charge in [0.1, 0.15) is 0 Å². The molecule has 0 heterocycles. The van der Waals surface area contributed by atoms with Crippen LogP contribution in [0.5, 0.6) is 0 Å². The predicted octanol–water partition coefficient (Wildman–Crippen LogP) is 2.53. The lowest BCUT2D eigenvalue weighted by molar-refractivity contribution is 0.548. The van der Waals surface area contributed by atoms with Crippen LogP contribution in [0.1, 0.15) is 46.5 Å². The van der Waals surface area contributed by atoms with Gasteiger partial charge in [-0.2, -0.15) is 0 Å². The van der Waals surface area contributed by atoms with Crippen molar-refractivity contribution in [3.8, 4) is 12.0 Å². The molecule has 0 saturated carbocycles. The normalized spacial score (nSPS) is 11.5. The Bertz CT molecular complexity index is 130. The van der Waals surface area contributed by atoms with Gasteiger partial charge in [-0.1, -0.05) is 32.1 Å². The van der Waals surface area contributed by atoms with Gasteiger partial charge in [0.15, 0.2) is 0 Å². The molecule has 0 spiro atoms. The van der Waals surface area contributed by atoms with E-state index in [1.165, 1.54) is 25.7 Å². The molecule has 64 valence electrons. The zero-order valence-electron chi connectivity index (χ0n) is 7.91. The van der Waals surface area contributed by atoms with E-state index >= 15 is 0 Å². The lowest BCUT2D eigenvalue weighted by Gasteiger charge is -2.08. The van der Waals surface area contributed by atoms with Gasteiger partial charge >= 0.3 is 0 Å². The molecule has 0 amide bonds. The van der Waals surface area contributed by atoms with Crippen LogP contribution in [0.4, 0.5) is 0 Å². The van der Waals surface area contributed by atoms with Crippen molar-refractivity contribution in [1.82, 2.24) is 5.32 Å². The summed E-state index contributed by atoms with van der Waals surface area (Å²) in [5.74, 6) is 2.83. The van der Waals surface area contributed by atoms with Crippen LogP contribution < -0.4 is 5.32 Å². The summed E-state index contributed by atoms with van der Waals surface area (Å²) in [7, 11) is 0. The largest absolute Gasteiger partial charge is 0.343 e. The number of hydrogen-bond donors (Lipinski definition) is 1. The van der Waals surface area contributed by atoms with Crippen molar-refractivity contribution in [3.63, 3.8) is 0 Å². The van der Waals surface area contributed by atoms with Crippen molar-refractivity contribution in [2.24, 2.45) is 0 Å². The Hall–Kier alpha value is -0.640. The highest BCUT2D eigenvalue weighted by atomic mass is 14.9. The van der Waals surface area contributed by atoms with E-state index in [0.29, 0.717) is 6.04 Å². The number of nitrogens with one attached hydrogen (secondary N) is 1. The summed E-state index contributed by atoms with van der Waals surface area (Å²) >= 11 is 0. The van der Waals surface area contributed by atoms with Crippen LogP contribution in [0.25, 0.3) is 0 Å². The zero-order chi connectivity index (χ0) is 8.53. The molecule has 0 aliphatic carbocycles. The molecule has 0 radical (unpaired) electrons. The molecule has 1 heteroatoms. The summed E-state index contributed by atoms with van der Waals surface area (Å²) in [5, 5.41) is 3.13. The minimum atomic E-state index is 0.550. The summed E-state index contributed by atoms with van der Waals surface area (Å²) in [6.45, 7) is 6.26. The van der Waals surface area contributed by atoms with Crippen molar-refractivity contribution in [2.45, 2.75) is 52.5 Å². The summed E-state index contributed by atoms with van der Waals surface area (Å²) in [4.78, 5) is 0. The predicted molar refractivity (Wildman–Crippen MR) is 50.2 cm³/mol. The van der Waals surface area contributed by atoms with Gasteiger partial charge in [0.2, 0.25) is 0 Å². The third kappa shape index (κ3) is 7.25. The molecule has 0 fully saturated rings. The van der Waals surface area contributed by atoms with Crippen LogP contribution in [0.2, 0.25) is 0 Å². The van der Waals surface area contributed by atoms with Crippen LogP contribution >= 0.6 is 0 Å². The highest BCUT2D eigenvalue weighted by Crippen LogP contribution is 2.01. The molecule has 0 rings (SSSR count). The van der Waals surface area contributed by atoms with Gasteiger partial charge in [0.25, 0.3) is 0 Å². The molecule has 0 aliphatic heterocycles. The topological polar surface area (TPSA) is 12.0 Å². The first-order chi connectivity index (χ1) is 5.31. The molecule has 11 heavy (non-hydrogen) atoms. The van der Waals surface area contributed by atoms with E-state index in [0.717, 1.165) is 0 Å². The Labute approximate surface area is 70.6 Å². The van der Waals surface area contributed by atoms with Gasteiger partial charge in [0, 0.05) is 12.1 Å². The zero-order valence-corrected chi connectivity index (χ0v) is 7.91. The maximum Gasteiger partial charge on any atom is 0.0312 e. The van der Waals surface area contributed by atoms with Gasteiger partial charge in [-0.15, -0.1) is 0 Å². The highest BCUT2D eigenvalue weighted by molar-refractivity contribution is 4.93. The molecule has 0 aliphatic rings. The van der Waals surface area contributed by atoms with Gasteiger partial charge in [-0.25, -0.2) is 0 Å². The number of unbranched alkanes of at least 4 members (excludes halogenated alkanes) is 2. The van der Waals surface area contributed by atoms with Gasteiger partial charge < -0.3 is 5.32 Å². The fraction of sp³-hybridized carbons (Fsp3) is 0.800. The Morgan fingerprint density at radius 1 is 1.36 bits per heavy atom. The fourth-order valence-electron chi connectivity index (χ4n) is 0.968. The van der Waals surface area contributed by atoms with E-state index in [1.807, 2.05) is 6.92 Å². The first-order valence-electron chi connectivity index (χ1n) is 4.48. The van der Waals surface area contributed by atoms with Crippen LogP contribution in [0, 0.1) is 12.0 Å². The molecule has 1 atom stereocenters. The molecule has 1 N–H and O–H groups in total. The molecule has 0 unspecified atom stereocenters. The molecular weight excluding hydrogens is 134 g/mol. The molecule has 0 saturated heterocycles. The second-order valence-corrected chi connectivity index (χ2v) is 2.92. The first kappa shape index (κ1) is 10.4. The average Bonchev–Trinajstić information content (AvgIpc) is 2.01. The van der Waals surface area contributed by atoms with Crippen LogP contribution in [0.15, 0.2) is 0 Å². The molecule has 0 aromatic rings. The van der Waals surface area contributed by atoms with E-state index in [1.54, 1.807) is 0 Å². The van der Waals surface area contributed by atoms with Gasteiger partial charge in [0.05, 0.1) is 0 Å². The first-order valence-corrected chi connectivity index (χ1v) is 4.48. The van der Waals surface area contributed by atoms with Crippen LogP contribution in [-0.4, -0.2) is 6.04 Å². The monoisotopic (exact) mass is 153 g/mol. The molecule has 0 bridgehead atoms. The standard InChI is InChI=1S/C10H19N/c1-4-6-7-8-10(3)11-9-5-2/h10-11H,4,6-8H2,1-3H3/t10-/m1/s1. The second kappa shape index (κ2) is 7.47. The van der Waals surface area contributed by atoms with Gasteiger partial charge in [-0.05, 0) is 20.3 Å². The lowest BCUT2D eigenvalue weighted by Crippen LogP contribution is -2.20. The summed E-state index contributed by atoms with van der Waals surface area (Å²) < 4.78 is 0. The lowest BCUT2D eigenvalue weighted by atomic mass is 10.1. The third-order valence-corrected chi connectivity index (χ3v) is 1.68. The third-order valence-electron chi connectivity index (χ3n) is 1.68. The number of rotatable bonds is 5. The van der Waals surface area contributed by atoms with Crippen LogP contribution in [0.3, 0.4) is 0 Å². The molecule has 1 nitrogen and oxygen atoms in total. The van der Waals surface area contributed by atoms with Gasteiger partial charge in [-0.3, -0.25) is 0 Å². The van der Waals surface area contributed by atoms with E-state index in [2.05, 4.69) is 31.1 Å². The Kier molecular flexibility index (Phi) is 7.03. The summed E-state index contributed by atoms with van der Waals surface area (Å²) in [6.07, 6.45) is 5.19. The molecular formula is C10H19N. The maximum absolute atomic E-state index is 3.13. The SMILES string of the molecule is CC#CN[C@H](C)CCCCC. The molecule has 0 aromatic heterocycles. The fourth-order valence-corrected chi connectivity index (χ4v) is 0.968. The second-order valence-electron chi connectivity index (χ2n) is 2.92. The average molecular weight is 153 g/mol. The smallest absolute Gasteiger partial charge is 0.0312 e. The minimum absolute atomic E-state index is 0.550. The van der Waals surface area contributed by atoms with Crippen LogP contribution in [-0.2, 0) is 0 Å². The van der Waals surface area contributed by atoms with E-state index < -0.39 is 0 Å². The summed E-state index contributed by atoms with van der Waals surface area (Å²) in [6, 6.07) is 3.42. The van der Waals surface area contributed by atoms with E-state index in [4.69, 9.17) is 0 Å². The van der Waals surface area contributed by atoms with Crippen molar-refractivity contribution in [1.29, 1.82) is 0 Å². The van der Waals surface area contributed by atoms with Crippen molar-refractivity contribution in [3.05, 3.63) is 0 Å². The van der Waals surface area contributed by atoms with E-state index in [-0.39, 0.29) is 0 Å². The summed E-state index contributed by atoms with van der Waals surface area (Å²) in [5.41, 5.74) is 0. The Morgan fingerprint density at radius 2 is 2.09 bits per heavy atom.